The Morgan fingerprint density at radius 1 is 1.15 bits per heavy atom. The normalized spacial score (nSPS) is 10.6. The van der Waals surface area contributed by atoms with Crippen molar-refractivity contribution in [3.05, 3.63) is 65.6 Å². The molecule has 1 aromatic heterocycles. The van der Waals surface area contributed by atoms with Gasteiger partial charge in [0.2, 0.25) is 5.91 Å². The van der Waals surface area contributed by atoms with Gasteiger partial charge in [-0.05, 0) is 48.4 Å². The summed E-state index contributed by atoms with van der Waals surface area (Å²) < 4.78 is 18.2. The zero-order chi connectivity index (χ0) is 18.5. The summed E-state index contributed by atoms with van der Waals surface area (Å²) in [6.07, 6.45) is 0.867. The van der Waals surface area contributed by atoms with Crippen LogP contribution in [-0.2, 0) is 17.6 Å². The molecule has 0 fully saturated rings. The topological polar surface area (TPSA) is 67.0 Å². The van der Waals surface area contributed by atoms with Crippen LogP contribution in [0, 0.1) is 5.82 Å². The Balaban J connectivity index is 1.82. The third-order valence-electron chi connectivity index (χ3n) is 4.10. The van der Waals surface area contributed by atoms with Gasteiger partial charge in [0.05, 0.1) is 24.9 Å². The van der Waals surface area contributed by atoms with E-state index in [0.29, 0.717) is 17.8 Å². The van der Waals surface area contributed by atoms with E-state index < -0.39 is 0 Å². The van der Waals surface area contributed by atoms with Gasteiger partial charge in [-0.15, -0.1) is 0 Å². The molecule has 0 atom stereocenters. The second-order valence-corrected chi connectivity index (χ2v) is 5.86. The smallest absolute Gasteiger partial charge is 0.228 e. The number of hydrogen-bond donors (Lipinski definition) is 2. The quantitative estimate of drug-likeness (QED) is 0.705. The van der Waals surface area contributed by atoms with E-state index in [-0.39, 0.29) is 18.1 Å². The molecule has 1 heterocycles. The number of nitrogens with zero attached hydrogens (tertiary/aromatic N) is 1. The summed E-state index contributed by atoms with van der Waals surface area (Å²) in [6, 6.07) is 13.4. The van der Waals surface area contributed by atoms with Gasteiger partial charge in [0.15, 0.2) is 0 Å². The SMILES string of the molecule is CCc1[nH]nc(-c2ccc(OC)cc2)c1NC(=O)Cc1ccc(F)cc1. The van der Waals surface area contributed by atoms with Gasteiger partial charge in [-0.3, -0.25) is 9.89 Å². The van der Waals surface area contributed by atoms with Crippen molar-refractivity contribution in [1.29, 1.82) is 0 Å². The molecular weight excluding hydrogens is 333 g/mol. The summed E-state index contributed by atoms with van der Waals surface area (Å²) in [5.74, 6) is 0.253. The first-order chi connectivity index (χ1) is 12.6. The van der Waals surface area contributed by atoms with Crippen molar-refractivity contribution in [3.63, 3.8) is 0 Å². The first-order valence-corrected chi connectivity index (χ1v) is 8.36. The van der Waals surface area contributed by atoms with E-state index in [2.05, 4.69) is 15.5 Å². The number of methoxy groups -OCH3 is 1. The number of ether oxygens (including phenoxy) is 1. The van der Waals surface area contributed by atoms with E-state index in [9.17, 15) is 9.18 Å². The number of hydrogen-bond acceptors (Lipinski definition) is 3. The predicted molar refractivity (Wildman–Crippen MR) is 98.7 cm³/mol. The lowest BCUT2D eigenvalue weighted by Gasteiger charge is -2.09. The lowest BCUT2D eigenvalue weighted by atomic mass is 10.1. The highest BCUT2D eigenvalue weighted by atomic mass is 19.1. The maximum Gasteiger partial charge on any atom is 0.228 e. The molecule has 0 saturated carbocycles. The van der Waals surface area contributed by atoms with Crippen LogP contribution in [0.1, 0.15) is 18.2 Å². The molecule has 2 N–H and O–H groups in total. The van der Waals surface area contributed by atoms with Gasteiger partial charge >= 0.3 is 0 Å². The fourth-order valence-electron chi connectivity index (χ4n) is 2.70. The molecule has 0 bridgehead atoms. The number of carbonyl (C=O) groups excluding carboxylic acids is 1. The molecule has 0 saturated heterocycles. The molecule has 0 radical (unpaired) electrons. The van der Waals surface area contributed by atoms with Gasteiger partial charge in [-0.2, -0.15) is 5.10 Å². The molecule has 6 heteroatoms. The van der Waals surface area contributed by atoms with Crippen LogP contribution < -0.4 is 10.1 Å². The van der Waals surface area contributed by atoms with Crippen LogP contribution in [0.25, 0.3) is 11.3 Å². The van der Waals surface area contributed by atoms with Crippen molar-refractivity contribution in [1.82, 2.24) is 10.2 Å². The Morgan fingerprint density at radius 2 is 1.85 bits per heavy atom. The number of aryl methyl sites for hydroxylation is 1. The van der Waals surface area contributed by atoms with Crippen LogP contribution in [0.2, 0.25) is 0 Å². The second kappa shape index (κ2) is 7.82. The van der Waals surface area contributed by atoms with E-state index >= 15 is 0 Å². The Kier molecular flexibility index (Phi) is 5.31. The second-order valence-electron chi connectivity index (χ2n) is 5.86. The number of rotatable bonds is 6. The maximum atomic E-state index is 13.0. The monoisotopic (exact) mass is 353 g/mol. The lowest BCUT2D eigenvalue weighted by Crippen LogP contribution is -2.15. The van der Waals surface area contributed by atoms with Crippen molar-refractivity contribution in [2.24, 2.45) is 0 Å². The van der Waals surface area contributed by atoms with Crippen LogP contribution in [0.3, 0.4) is 0 Å². The Labute approximate surface area is 151 Å². The van der Waals surface area contributed by atoms with E-state index in [4.69, 9.17) is 4.74 Å². The van der Waals surface area contributed by atoms with E-state index in [1.807, 2.05) is 31.2 Å². The molecule has 3 rings (SSSR count). The van der Waals surface area contributed by atoms with E-state index in [1.165, 1.54) is 12.1 Å². The Hall–Kier alpha value is -3.15. The zero-order valence-corrected chi connectivity index (χ0v) is 14.7. The number of anilines is 1. The molecule has 3 aromatic rings. The van der Waals surface area contributed by atoms with Crippen molar-refractivity contribution in [2.45, 2.75) is 19.8 Å². The molecule has 0 aliphatic heterocycles. The highest BCUT2D eigenvalue weighted by Gasteiger charge is 2.16. The fourth-order valence-corrected chi connectivity index (χ4v) is 2.70. The largest absolute Gasteiger partial charge is 0.497 e. The summed E-state index contributed by atoms with van der Waals surface area (Å²) in [7, 11) is 1.61. The van der Waals surface area contributed by atoms with Gasteiger partial charge in [0.25, 0.3) is 0 Å². The number of amides is 1. The Bertz CT molecular complexity index is 886. The third kappa shape index (κ3) is 3.91. The number of aromatic nitrogens is 2. The Morgan fingerprint density at radius 3 is 2.46 bits per heavy atom. The molecule has 26 heavy (non-hydrogen) atoms. The first kappa shape index (κ1) is 17.7. The molecule has 5 nitrogen and oxygen atoms in total. The molecule has 0 spiro atoms. The summed E-state index contributed by atoms with van der Waals surface area (Å²) in [5, 5.41) is 10.3. The number of benzene rings is 2. The minimum absolute atomic E-state index is 0.163. The summed E-state index contributed by atoms with van der Waals surface area (Å²) in [4.78, 5) is 12.5. The zero-order valence-electron chi connectivity index (χ0n) is 14.7. The summed E-state index contributed by atoms with van der Waals surface area (Å²) in [6.45, 7) is 1.99. The number of carbonyl (C=O) groups is 1. The predicted octanol–water partition coefficient (Wildman–Crippen LogP) is 3.97. The van der Waals surface area contributed by atoms with Crippen molar-refractivity contribution < 1.29 is 13.9 Å². The third-order valence-corrected chi connectivity index (χ3v) is 4.10. The average Bonchev–Trinajstić information content (AvgIpc) is 3.06. The first-order valence-electron chi connectivity index (χ1n) is 8.36. The van der Waals surface area contributed by atoms with Crippen LogP contribution in [0.4, 0.5) is 10.1 Å². The molecular formula is C20H20FN3O2. The molecule has 0 unspecified atom stereocenters. The maximum absolute atomic E-state index is 13.0. The van der Waals surface area contributed by atoms with E-state index in [1.54, 1.807) is 19.2 Å². The summed E-state index contributed by atoms with van der Waals surface area (Å²) in [5.41, 5.74) is 3.82. The average molecular weight is 353 g/mol. The standard InChI is InChI=1S/C20H20FN3O2/c1-3-17-20(22-18(25)12-13-4-8-15(21)9-5-13)19(24-23-17)14-6-10-16(26-2)11-7-14/h4-11H,3,12H2,1-2H3,(H,22,25)(H,23,24). The van der Waals surface area contributed by atoms with Gasteiger partial charge in [-0.1, -0.05) is 19.1 Å². The van der Waals surface area contributed by atoms with Crippen molar-refractivity contribution in [2.75, 3.05) is 12.4 Å². The minimum atomic E-state index is -0.320. The number of nitrogens with one attached hydrogen (secondary N) is 2. The van der Waals surface area contributed by atoms with Crippen LogP contribution in [0.5, 0.6) is 5.75 Å². The fraction of sp³-hybridized carbons (Fsp3) is 0.200. The van der Waals surface area contributed by atoms with Crippen LogP contribution >= 0.6 is 0 Å². The van der Waals surface area contributed by atoms with Crippen LogP contribution in [-0.4, -0.2) is 23.2 Å². The number of H-pyrrole nitrogens is 1. The van der Waals surface area contributed by atoms with Gasteiger partial charge in [0, 0.05) is 5.56 Å². The highest BCUT2D eigenvalue weighted by molar-refractivity contribution is 5.96. The minimum Gasteiger partial charge on any atom is -0.497 e. The van der Waals surface area contributed by atoms with Crippen molar-refractivity contribution >= 4 is 11.6 Å². The number of halogens is 1. The number of aromatic amines is 1. The summed E-state index contributed by atoms with van der Waals surface area (Å²) >= 11 is 0. The molecule has 0 aliphatic rings. The highest BCUT2D eigenvalue weighted by Crippen LogP contribution is 2.30. The lowest BCUT2D eigenvalue weighted by molar-refractivity contribution is -0.115. The van der Waals surface area contributed by atoms with Gasteiger partial charge in [-0.25, -0.2) is 4.39 Å². The van der Waals surface area contributed by atoms with Gasteiger partial charge < -0.3 is 10.1 Å². The van der Waals surface area contributed by atoms with Crippen molar-refractivity contribution in [3.8, 4) is 17.0 Å². The molecule has 1 amide bonds. The van der Waals surface area contributed by atoms with Crippen LogP contribution in [0.15, 0.2) is 48.5 Å². The molecule has 0 aliphatic carbocycles. The van der Waals surface area contributed by atoms with E-state index in [0.717, 1.165) is 22.6 Å². The molecule has 2 aromatic carbocycles. The van der Waals surface area contributed by atoms with Gasteiger partial charge in [0.1, 0.15) is 17.3 Å². The molecule has 134 valence electrons.